The molecule has 4 rings (SSSR count). The van der Waals surface area contributed by atoms with Crippen molar-refractivity contribution in [2.24, 2.45) is 0 Å². The van der Waals surface area contributed by atoms with E-state index < -0.39 is 0 Å². The molecule has 122 valence electrons. The lowest BCUT2D eigenvalue weighted by molar-refractivity contribution is 0.0674. The van der Waals surface area contributed by atoms with Gasteiger partial charge in [0, 0.05) is 24.0 Å². The summed E-state index contributed by atoms with van der Waals surface area (Å²) in [6, 6.07) is 9.71. The molecule has 1 amide bonds. The minimum Gasteiger partial charge on any atom is -0.330 e. The number of pyridine rings is 1. The molecule has 2 unspecified atom stereocenters. The topological polar surface area (TPSA) is 65.2 Å². The average Bonchev–Trinajstić information content (AvgIpc) is 2.79. The van der Waals surface area contributed by atoms with Gasteiger partial charge in [-0.15, -0.1) is 12.4 Å². The molecule has 0 aliphatic carbocycles. The molecule has 0 saturated carbocycles. The summed E-state index contributed by atoms with van der Waals surface area (Å²) in [5, 5.41) is 4.83. The van der Waals surface area contributed by atoms with Crippen molar-refractivity contribution in [2.45, 2.75) is 31.3 Å². The molecule has 23 heavy (non-hydrogen) atoms. The highest BCUT2D eigenvalue weighted by Gasteiger charge is 2.38. The fourth-order valence-electron chi connectivity index (χ4n) is 3.78. The van der Waals surface area contributed by atoms with E-state index in [9.17, 15) is 9.59 Å². The number of halogens is 1. The van der Waals surface area contributed by atoms with E-state index >= 15 is 0 Å². The summed E-state index contributed by atoms with van der Waals surface area (Å²) in [6.07, 6.45) is 3.09. The molecule has 2 aromatic rings. The number of aromatic amines is 1. The summed E-state index contributed by atoms with van der Waals surface area (Å²) in [5.41, 5.74) is 0.212. The number of aromatic nitrogens is 1. The van der Waals surface area contributed by atoms with E-state index in [-0.39, 0.29) is 29.9 Å². The number of benzene rings is 1. The number of carbonyl (C=O) groups excluding carboxylic acids is 1. The first kappa shape index (κ1) is 16.0. The van der Waals surface area contributed by atoms with Gasteiger partial charge in [0.05, 0.1) is 0 Å². The molecule has 2 N–H and O–H groups in total. The van der Waals surface area contributed by atoms with Crippen LogP contribution in [0.15, 0.2) is 35.1 Å². The summed E-state index contributed by atoms with van der Waals surface area (Å²) < 4.78 is 0. The number of rotatable bonds is 1. The van der Waals surface area contributed by atoms with Crippen molar-refractivity contribution in [1.29, 1.82) is 0 Å². The van der Waals surface area contributed by atoms with Crippen molar-refractivity contribution in [3.63, 3.8) is 0 Å². The van der Waals surface area contributed by atoms with Gasteiger partial charge in [-0.3, -0.25) is 9.59 Å². The third-order valence-corrected chi connectivity index (χ3v) is 4.87. The number of nitrogens with zero attached hydrogens (tertiary/aromatic N) is 1. The second-order valence-corrected chi connectivity index (χ2v) is 6.19. The van der Waals surface area contributed by atoms with Crippen molar-refractivity contribution in [1.82, 2.24) is 15.2 Å². The molecular weight excluding hydrogens is 314 g/mol. The first-order chi connectivity index (χ1) is 10.7. The number of hydrogen-bond donors (Lipinski definition) is 2. The van der Waals surface area contributed by atoms with E-state index in [4.69, 9.17) is 0 Å². The molecule has 2 bridgehead atoms. The molecule has 2 aliphatic rings. The van der Waals surface area contributed by atoms with Gasteiger partial charge in [0.25, 0.3) is 11.5 Å². The van der Waals surface area contributed by atoms with Crippen LogP contribution >= 0.6 is 12.4 Å². The van der Waals surface area contributed by atoms with E-state index in [1.807, 2.05) is 23.1 Å². The molecule has 2 atom stereocenters. The molecule has 2 saturated heterocycles. The van der Waals surface area contributed by atoms with E-state index in [1.165, 1.54) is 0 Å². The molecule has 1 aromatic heterocycles. The maximum absolute atomic E-state index is 12.9. The Morgan fingerprint density at radius 1 is 1.13 bits per heavy atom. The van der Waals surface area contributed by atoms with Crippen LogP contribution in [0.5, 0.6) is 0 Å². The van der Waals surface area contributed by atoms with E-state index in [1.54, 1.807) is 12.1 Å². The molecule has 6 heteroatoms. The number of hydrogen-bond acceptors (Lipinski definition) is 3. The molecule has 2 aliphatic heterocycles. The van der Waals surface area contributed by atoms with Crippen LogP contribution in [-0.2, 0) is 0 Å². The van der Waals surface area contributed by atoms with Crippen LogP contribution in [-0.4, -0.2) is 41.0 Å². The number of carbonyl (C=O) groups is 1. The summed E-state index contributed by atoms with van der Waals surface area (Å²) in [4.78, 5) is 29.9. The number of amides is 1. The monoisotopic (exact) mass is 333 g/mol. The van der Waals surface area contributed by atoms with Crippen LogP contribution in [0.2, 0.25) is 0 Å². The summed E-state index contributed by atoms with van der Waals surface area (Å²) in [6.45, 7) is 1.80. The Morgan fingerprint density at radius 3 is 2.78 bits per heavy atom. The average molecular weight is 334 g/mol. The minimum absolute atomic E-state index is 0. The number of fused-ring (bicyclic) bond motifs is 3. The Kier molecular flexibility index (Phi) is 4.41. The highest BCUT2D eigenvalue weighted by atomic mass is 35.5. The van der Waals surface area contributed by atoms with Crippen molar-refractivity contribution in [2.75, 3.05) is 13.1 Å². The van der Waals surface area contributed by atoms with Gasteiger partial charge in [0.1, 0.15) is 5.69 Å². The van der Waals surface area contributed by atoms with Crippen molar-refractivity contribution >= 4 is 29.1 Å². The number of H-pyrrole nitrogens is 1. The van der Waals surface area contributed by atoms with Gasteiger partial charge >= 0.3 is 0 Å². The van der Waals surface area contributed by atoms with Crippen LogP contribution in [0, 0.1) is 0 Å². The highest BCUT2D eigenvalue weighted by Crippen LogP contribution is 2.29. The Morgan fingerprint density at radius 2 is 1.91 bits per heavy atom. The minimum atomic E-state index is -0.193. The Bertz CT molecular complexity index is 775. The highest BCUT2D eigenvalue weighted by molar-refractivity contribution is 5.96. The lowest BCUT2D eigenvalue weighted by atomic mass is 10.1. The fourth-order valence-corrected chi connectivity index (χ4v) is 3.78. The van der Waals surface area contributed by atoms with E-state index in [0.717, 1.165) is 37.7 Å². The Labute approximate surface area is 140 Å². The summed E-state index contributed by atoms with van der Waals surface area (Å²) in [7, 11) is 0. The maximum Gasteiger partial charge on any atom is 0.270 e. The SMILES string of the molecule is Cl.O=C(c1cc2ccccc2c(=O)[nH]1)N1C2CCNCC1CC2. The first-order valence-electron chi connectivity index (χ1n) is 7.89. The zero-order valence-corrected chi connectivity index (χ0v) is 13.6. The maximum atomic E-state index is 12.9. The zero-order chi connectivity index (χ0) is 15.1. The third kappa shape index (κ3) is 2.75. The Hall–Kier alpha value is -1.85. The van der Waals surface area contributed by atoms with Crippen LogP contribution in [0.4, 0.5) is 0 Å². The van der Waals surface area contributed by atoms with Crippen LogP contribution < -0.4 is 10.9 Å². The van der Waals surface area contributed by atoms with Crippen LogP contribution in [0.3, 0.4) is 0 Å². The van der Waals surface area contributed by atoms with E-state index in [0.29, 0.717) is 17.1 Å². The second kappa shape index (κ2) is 6.34. The summed E-state index contributed by atoms with van der Waals surface area (Å²) >= 11 is 0. The molecular formula is C17H20ClN3O2. The van der Waals surface area contributed by atoms with Gasteiger partial charge in [-0.05, 0) is 43.3 Å². The third-order valence-electron chi connectivity index (χ3n) is 4.87. The van der Waals surface area contributed by atoms with Crippen LogP contribution in [0.1, 0.15) is 29.8 Å². The lowest BCUT2D eigenvalue weighted by Crippen LogP contribution is -2.43. The fraction of sp³-hybridized carbons (Fsp3) is 0.412. The Balaban J connectivity index is 0.00000156. The molecule has 2 fully saturated rings. The lowest BCUT2D eigenvalue weighted by Gasteiger charge is -2.27. The first-order valence-corrected chi connectivity index (χ1v) is 7.89. The molecule has 0 spiro atoms. The molecule has 3 heterocycles. The predicted molar refractivity (Wildman–Crippen MR) is 92.3 cm³/mol. The quantitative estimate of drug-likeness (QED) is 0.838. The molecule has 5 nitrogen and oxygen atoms in total. The van der Waals surface area contributed by atoms with Gasteiger partial charge in [-0.2, -0.15) is 0 Å². The standard InChI is InChI=1S/C17H19N3O2.ClH/c21-16-14-4-2-1-3-11(14)9-15(19-16)17(22)20-12-5-6-13(20)10-18-8-7-12;/h1-4,9,12-13,18H,5-8,10H2,(H,19,21);1H. The zero-order valence-electron chi connectivity index (χ0n) is 12.7. The smallest absolute Gasteiger partial charge is 0.270 e. The molecule has 0 radical (unpaired) electrons. The van der Waals surface area contributed by atoms with Gasteiger partial charge in [-0.1, -0.05) is 18.2 Å². The van der Waals surface area contributed by atoms with Gasteiger partial charge in [-0.25, -0.2) is 0 Å². The largest absolute Gasteiger partial charge is 0.330 e. The van der Waals surface area contributed by atoms with Crippen LogP contribution in [0.25, 0.3) is 10.8 Å². The second-order valence-electron chi connectivity index (χ2n) is 6.19. The van der Waals surface area contributed by atoms with Crippen molar-refractivity contribution in [3.8, 4) is 0 Å². The summed E-state index contributed by atoms with van der Waals surface area (Å²) in [5.74, 6) is -0.0425. The predicted octanol–water partition coefficient (Wildman–Crippen LogP) is 1.92. The van der Waals surface area contributed by atoms with Gasteiger partial charge in [0.15, 0.2) is 0 Å². The number of nitrogens with one attached hydrogen (secondary N) is 2. The normalized spacial score (nSPS) is 23.4. The molecule has 1 aromatic carbocycles. The van der Waals surface area contributed by atoms with E-state index in [2.05, 4.69) is 10.3 Å². The van der Waals surface area contributed by atoms with Gasteiger partial charge < -0.3 is 15.2 Å². The van der Waals surface area contributed by atoms with Gasteiger partial charge in [0.2, 0.25) is 0 Å². The van der Waals surface area contributed by atoms with Crippen molar-refractivity contribution < 1.29 is 4.79 Å². The van der Waals surface area contributed by atoms with Crippen molar-refractivity contribution in [3.05, 3.63) is 46.4 Å².